The fraction of sp³-hybridized carbons (Fsp3) is 0.933. The predicted octanol–water partition coefficient (Wildman–Crippen LogP) is 2.80. The van der Waals surface area contributed by atoms with Gasteiger partial charge in [0.15, 0.2) is 0 Å². The molecule has 0 saturated heterocycles. The van der Waals surface area contributed by atoms with Gasteiger partial charge in [0.1, 0.15) is 0 Å². The van der Waals surface area contributed by atoms with Crippen LogP contribution >= 0.6 is 0 Å². The lowest BCUT2D eigenvalue weighted by molar-refractivity contribution is -0.132. The Kier molecular flexibility index (Phi) is 6.13. The minimum atomic E-state index is -0.0522. The molecule has 1 rings (SSSR count). The van der Waals surface area contributed by atoms with Crippen molar-refractivity contribution in [3.8, 4) is 0 Å². The average Bonchev–Trinajstić information content (AvgIpc) is 2.38. The third-order valence-corrected chi connectivity index (χ3v) is 4.34. The summed E-state index contributed by atoms with van der Waals surface area (Å²) in [6, 6.07) is -0.0522. The van der Waals surface area contributed by atoms with Crippen LogP contribution in [0, 0.1) is 5.41 Å². The van der Waals surface area contributed by atoms with E-state index in [9.17, 15) is 4.79 Å². The fourth-order valence-corrected chi connectivity index (χ4v) is 2.88. The highest BCUT2D eigenvalue weighted by Crippen LogP contribution is 2.34. The Hall–Kier alpha value is -0.570. The molecule has 1 unspecified atom stereocenters. The number of amides is 1. The number of hydrogen-bond acceptors (Lipinski definition) is 2. The molecule has 1 amide bonds. The van der Waals surface area contributed by atoms with Gasteiger partial charge in [-0.1, -0.05) is 26.2 Å². The standard InChI is InChI=1S/C15H30N2O/c1-5-17(6-2)14(18)13(3)16-12-15(4)10-8-7-9-11-15/h13,16H,5-12H2,1-4H3. The van der Waals surface area contributed by atoms with Crippen LogP contribution in [0.1, 0.15) is 59.8 Å². The van der Waals surface area contributed by atoms with Gasteiger partial charge in [0.25, 0.3) is 0 Å². The molecule has 0 heterocycles. The molecule has 1 atom stereocenters. The number of likely N-dealkylation sites (N-methyl/N-ethyl adjacent to an activating group) is 1. The van der Waals surface area contributed by atoms with Gasteiger partial charge in [-0.15, -0.1) is 0 Å². The maximum Gasteiger partial charge on any atom is 0.239 e. The summed E-state index contributed by atoms with van der Waals surface area (Å²) in [5.74, 6) is 0.236. The number of hydrogen-bond donors (Lipinski definition) is 1. The predicted molar refractivity (Wildman–Crippen MR) is 76.6 cm³/mol. The molecule has 0 aliphatic heterocycles. The lowest BCUT2D eigenvalue weighted by Gasteiger charge is -2.35. The molecule has 0 aromatic rings. The third kappa shape index (κ3) is 4.27. The summed E-state index contributed by atoms with van der Waals surface area (Å²) in [5, 5.41) is 3.45. The summed E-state index contributed by atoms with van der Waals surface area (Å²) in [5.41, 5.74) is 0.399. The normalized spacial score (nSPS) is 20.4. The quantitative estimate of drug-likeness (QED) is 0.790. The Morgan fingerprint density at radius 2 is 1.78 bits per heavy atom. The van der Waals surface area contributed by atoms with Crippen molar-refractivity contribution in [2.45, 2.75) is 65.8 Å². The van der Waals surface area contributed by atoms with E-state index in [-0.39, 0.29) is 11.9 Å². The van der Waals surface area contributed by atoms with Crippen LogP contribution in [0.3, 0.4) is 0 Å². The number of nitrogens with one attached hydrogen (secondary N) is 1. The summed E-state index contributed by atoms with van der Waals surface area (Å²) in [6.07, 6.45) is 6.66. The highest BCUT2D eigenvalue weighted by Gasteiger charge is 2.28. The van der Waals surface area contributed by atoms with Gasteiger partial charge in [0.2, 0.25) is 5.91 Å². The Morgan fingerprint density at radius 3 is 2.28 bits per heavy atom. The first kappa shape index (κ1) is 15.5. The lowest BCUT2D eigenvalue weighted by atomic mass is 9.75. The van der Waals surface area contributed by atoms with Crippen molar-refractivity contribution in [1.82, 2.24) is 10.2 Å². The van der Waals surface area contributed by atoms with Crippen molar-refractivity contribution in [2.24, 2.45) is 5.41 Å². The Balaban J connectivity index is 2.39. The largest absolute Gasteiger partial charge is 0.342 e. The van der Waals surface area contributed by atoms with Crippen molar-refractivity contribution < 1.29 is 4.79 Å². The van der Waals surface area contributed by atoms with Gasteiger partial charge in [-0.25, -0.2) is 0 Å². The fourth-order valence-electron chi connectivity index (χ4n) is 2.88. The molecule has 1 aliphatic rings. The topological polar surface area (TPSA) is 32.3 Å². The maximum atomic E-state index is 12.1. The van der Waals surface area contributed by atoms with E-state index in [0.717, 1.165) is 19.6 Å². The first-order valence-corrected chi connectivity index (χ1v) is 7.54. The van der Waals surface area contributed by atoms with E-state index in [0.29, 0.717) is 5.41 Å². The van der Waals surface area contributed by atoms with Gasteiger partial charge in [-0.3, -0.25) is 4.79 Å². The molecule has 0 aromatic carbocycles. The molecular weight excluding hydrogens is 224 g/mol. The molecule has 1 fully saturated rings. The van der Waals surface area contributed by atoms with Crippen molar-refractivity contribution in [3.63, 3.8) is 0 Å². The smallest absolute Gasteiger partial charge is 0.239 e. The molecule has 3 nitrogen and oxygen atoms in total. The number of carbonyl (C=O) groups is 1. The first-order chi connectivity index (χ1) is 8.52. The minimum absolute atomic E-state index is 0.0522. The lowest BCUT2D eigenvalue weighted by Crippen LogP contribution is -2.47. The van der Waals surface area contributed by atoms with E-state index < -0.39 is 0 Å². The van der Waals surface area contributed by atoms with Gasteiger partial charge >= 0.3 is 0 Å². The summed E-state index contributed by atoms with van der Waals surface area (Å²) in [4.78, 5) is 14.0. The molecule has 3 heteroatoms. The summed E-state index contributed by atoms with van der Waals surface area (Å²) < 4.78 is 0. The first-order valence-electron chi connectivity index (χ1n) is 7.54. The second-order valence-corrected chi connectivity index (χ2v) is 5.98. The van der Waals surface area contributed by atoms with Gasteiger partial charge in [0, 0.05) is 19.6 Å². The van der Waals surface area contributed by atoms with Crippen LogP contribution in [-0.2, 0) is 4.79 Å². The molecule has 0 bridgehead atoms. The van der Waals surface area contributed by atoms with Crippen LogP contribution in [0.2, 0.25) is 0 Å². The second-order valence-electron chi connectivity index (χ2n) is 5.98. The summed E-state index contributed by atoms with van der Waals surface area (Å²) in [7, 11) is 0. The van der Waals surface area contributed by atoms with Crippen LogP contribution in [0.5, 0.6) is 0 Å². The number of nitrogens with zero attached hydrogens (tertiary/aromatic N) is 1. The van der Waals surface area contributed by atoms with Crippen LogP contribution in [-0.4, -0.2) is 36.5 Å². The Bertz CT molecular complexity index is 255. The molecule has 18 heavy (non-hydrogen) atoms. The van der Waals surface area contributed by atoms with Crippen molar-refractivity contribution in [2.75, 3.05) is 19.6 Å². The zero-order valence-electron chi connectivity index (χ0n) is 12.6. The van der Waals surface area contributed by atoms with E-state index in [1.165, 1.54) is 32.1 Å². The Labute approximate surface area is 112 Å². The monoisotopic (exact) mass is 254 g/mol. The van der Waals surface area contributed by atoms with Crippen LogP contribution < -0.4 is 5.32 Å². The van der Waals surface area contributed by atoms with E-state index in [1.54, 1.807) is 0 Å². The molecule has 1 saturated carbocycles. The molecule has 0 aromatic heterocycles. The van der Waals surface area contributed by atoms with Gasteiger partial charge in [-0.05, 0) is 39.0 Å². The molecule has 1 aliphatic carbocycles. The zero-order valence-corrected chi connectivity index (χ0v) is 12.6. The minimum Gasteiger partial charge on any atom is -0.342 e. The zero-order chi connectivity index (χ0) is 13.6. The van der Waals surface area contributed by atoms with Crippen LogP contribution in [0.4, 0.5) is 0 Å². The number of rotatable bonds is 6. The van der Waals surface area contributed by atoms with Crippen molar-refractivity contribution in [3.05, 3.63) is 0 Å². The summed E-state index contributed by atoms with van der Waals surface area (Å²) in [6.45, 7) is 11.0. The van der Waals surface area contributed by atoms with Gasteiger partial charge in [-0.2, -0.15) is 0 Å². The van der Waals surface area contributed by atoms with Crippen molar-refractivity contribution >= 4 is 5.91 Å². The second kappa shape index (κ2) is 7.13. The van der Waals surface area contributed by atoms with Crippen LogP contribution in [0.25, 0.3) is 0 Å². The highest BCUT2D eigenvalue weighted by molar-refractivity contribution is 5.81. The SMILES string of the molecule is CCN(CC)C(=O)C(C)NCC1(C)CCCCC1. The van der Waals surface area contributed by atoms with Gasteiger partial charge in [0.05, 0.1) is 6.04 Å². The molecule has 106 valence electrons. The highest BCUT2D eigenvalue weighted by atomic mass is 16.2. The average molecular weight is 254 g/mol. The van der Waals surface area contributed by atoms with E-state index in [2.05, 4.69) is 12.2 Å². The summed E-state index contributed by atoms with van der Waals surface area (Å²) >= 11 is 0. The van der Waals surface area contributed by atoms with Crippen molar-refractivity contribution in [1.29, 1.82) is 0 Å². The Morgan fingerprint density at radius 1 is 1.22 bits per heavy atom. The van der Waals surface area contributed by atoms with E-state index >= 15 is 0 Å². The van der Waals surface area contributed by atoms with Crippen LogP contribution in [0.15, 0.2) is 0 Å². The molecule has 0 radical (unpaired) electrons. The van der Waals surface area contributed by atoms with Gasteiger partial charge < -0.3 is 10.2 Å². The molecule has 1 N–H and O–H groups in total. The maximum absolute atomic E-state index is 12.1. The number of carbonyl (C=O) groups excluding carboxylic acids is 1. The third-order valence-electron chi connectivity index (χ3n) is 4.34. The molecule has 0 spiro atoms. The molecular formula is C15H30N2O. The van der Waals surface area contributed by atoms with E-state index in [4.69, 9.17) is 0 Å². The van der Waals surface area contributed by atoms with E-state index in [1.807, 2.05) is 25.7 Å².